The maximum absolute atomic E-state index is 13.4. The van der Waals surface area contributed by atoms with Crippen molar-refractivity contribution in [1.29, 1.82) is 0 Å². The number of aromatic nitrogens is 4. The molecule has 0 unspecified atom stereocenters. The lowest BCUT2D eigenvalue weighted by Gasteiger charge is -2.02. The number of nitrogens with zero attached hydrogens (tertiary/aromatic N) is 4. The number of Topliss-reactive ketones (excluding diaryl/α,β-unsaturated/α-hetero) is 1. The highest BCUT2D eigenvalue weighted by Crippen LogP contribution is 2.18. The molecule has 1 aromatic heterocycles. The molecule has 4 aromatic rings. The molecule has 0 aliphatic rings. The molecule has 26 heavy (non-hydrogen) atoms. The Kier molecular flexibility index (Phi) is 4.01. The van der Waals surface area contributed by atoms with Crippen molar-refractivity contribution in [2.45, 2.75) is 13.5 Å². The van der Waals surface area contributed by atoms with Crippen LogP contribution in [0.5, 0.6) is 0 Å². The molecule has 0 bridgehead atoms. The SMILES string of the molecule is Cc1cc(-c2nnn(CC(=O)c3ccc4ccccc4c3)n2)ccc1F. The van der Waals surface area contributed by atoms with Gasteiger partial charge in [-0.2, -0.15) is 4.80 Å². The molecule has 0 N–H and O–H groups in total. The zero-order valence-corrected chi connectivity index (χ0v) is 14.1. The van der Waals surface area contributed by atoms with E-state index in [1.165, 1.54) is 10.9 Å². The zero-order valence-electron chi connectivity index (χ0n) is 14.1. The van der Waals surface area contributed by atoms with Crippen LogP contribution < -0.4 is 0 Å². The minimum absolute atomic E-state index is 0.00842. The summed E-state index contributed by atoms with van der Waals surface area (Å²) < 4.78 is 13.4. The van der Waals surface area contributed by atoms with E-state index in [-0.39, 0.29) is 18.1 Å². The van der Waals surface area contributed by atoms with Gasteiger partial charge in [0.25, 0.3) is 0 Å². The van der Waals surface area contributed by atoms with Gasteiger partial charge in [-0.15, -0.1) is 10.2 Å². The molecule has 5 nitrogen and oxygen atoms in total. The lowest BCUT2D eigenvalue weighted by molar-refractivity contribution is 0.0961. The summed E-state index contributed by atoms with van der Waals surface area (Å²) in [6, 6.07) is 18.1. The zero-order chi connectivity index (χ0) is 18.1. The molecule has 1 heterocycles. The van der Waals surface area contributed by atoms with Crippen LogP contribution in [0.4, 0.5) is 4.39 Å². The van der Waals surface area contributed by atoms with Crippen LogP contribution in [-0.4, -0.2) is 26.0 Å². The number of fused-ring (bicyclic) bond motifs is 1. The van der Waals surface area contributed by atoms with Crippen molar-refractivity contribution >= 4 is 16.6 Å². The average molecular weight is 346 g/mol. The molecule has 0 spiro atoms. The fourth-order valence-electron chi connectivity index (χ4n) is 2.79. The van der Waals surface area contributed by atoms with Crippen LogP contribution in [0.15, 0.2) is 60.7 Å². The number of ketones is 1. The fraction of sp³-hybridized carbons (Fsp3) is 0.100. The quantitative estimate of drug-likeness (QED) is 0.527. The van der Waals surface area contributed by atoms with Gasteiger partial charge in [0.1, 0.15) is 12.4 Å². The minimum Gasteiger partial charge on any atom is -0.292 e. The number of aryl methyl sites for hydroxylation is 1. The molecule has 0 radical (unpaired) electrons. The molecule has 0 aliphatic carbocycles. The number of rotatable bonds is 4. The monoisotopic (exact) mass is 346 g/mol. The van der Waals surface area contributed by atoms with Crippen LogP contribution >= 0.6 is 0 Å². The van der Waals surface area contributed by atoms with E-state index in [1.54, 1.807) is 25.1 Å². The third-order valence-electron chi connectivity index (χ3n) is 4.23. The fourth-order valence-corrected chi connectivity index (χ4v) is 2.79. The highest BCUT2D eigenvalue weighted by atomic mass is 19.1. The number of hydrogen-bond donors (Lipinski definition) is 0. The molecule has 3 aromatic carbocycles. The summed E-state index contributed by atoms with van der Waals surface area (Å²) in [6.45, 7) is 1.66. The van der Waals surface area contributed by atoms with Gasteiger partial charge in [0.2, 0.25) is 5.82 Å². The highest BCUT2D eigenvalue weighted by Gasteiger charge is 2.12. The molecule has 0 saturated heterocycles. The maximum atomic E-state index is 13.4. The average Bonchev–Trinajstić information content (AvgIpc) is 3.12. The predicted molar refractivity (Wildman–Crippen MR) is 96.2 cm³/mol. The lowest BCUT2D eigenvalue weighted by Crippen LogP contribution is -2.13. The summed E-state index contributed by atoms with van der Waals surface area (Å²) in [6.07, 6.45) is 0. The Morgan fingerprint density at radius 1 is 1.04 bits per heavy atom. The van der Waals surface area contributed by atoms with E-state index in [9.17, 15) is 9.18 Å². The van der Waals surface area contributed by atoms with Crippen LogP contribution in [0.25, 0.3) is 22.2 Å². The first-order valence-electron chi connectivity index (χ1n) is 8.16. The van der Waals surface area contributed by atoms with Crippen molar-refractivity contribution in [3.8, 4) is 11.4 Å². The molecule has 0 fully saturated rings. The molecular weight excluding hydrogens is 331 g/mol. The van der Waals surface area contributed by atoms with Gasteiger partial charge in [0.05, 0.1) is 0 Å². The Morgan fingerprint density at radius 2 is 1.85 bits per heavy atom. The van der Waals surface area contributed by atoms with E-state index in [1.807, 2.05) is 36.4 Å². The van der Waals surface area contributed by atoms with Crippen molar-refractivity contribution < 1.29 is 9.18 Å². The number of carbonyl (C=O) groups is 1. The molecule has 128 valence electrons. The van der Waals surface area contributed by atoms with Crippen LogP contribution in [0.2, 0.25) is 0 Å². The molecule has 4 rings (SSSR count). The van der Waals surface area contributed by atoms with E-state index in [2.05, 4.69) is 15.4 Å². The number of carbonyl (C=O) groups excluding carboxylic acids is 1. The largest absolute Gasteiger partial charge is 0.292 e. The number of tetrazole rings is 1. The van der Waals surface area contributed by atoms with Crippen molar-refractivity contribution in [3.63, 3.8) is 0 Å². The summed E-state index contributed by atoms with van der Waals surface area (Å²) >= 11 is 0. The maximum Gasteiger partial charge on any atom is 0.204 e. The van der Waals surface area contributed by atoms with Crippen molar-refractivity contribution in [3.05, 3.63) is 77.6 Å². The summed E-state index contributed by atoms with van der Waals surface area (Å²) in [7, 11) is 0. The van der Waals surface area contributed by atoms with Gasteiger partial charge in [0, 0.05) is 11.1 Å². The predicted octanol–water partition coefficient (Wildman–Crippen LogP) is 3.82. The smallest absolute Gasteiger partial charge is 0.204 e. The molecule has 6 heteroatoms. The van der Waals surface area contributed by atoms with Gasteiger partial charge in [-0.05, 0) is 52.7 Å². The normalized spacial score (nSPS) is 11.0. The first kappa shape index (κ1) is 16.1. The van der Waals surface area contributed by atoms with Crippen LogP contribution in [-0.2, 0) is 6.54 Å². The third-order valence-corrected chi connectivity index (χ3v) is 4.23. The van der Waals surface area contributed by atoms with Gasteiger partial charge in [-0.1, -0.05) is 36.4 Å². The Labute approximate surface area is 149 Å². The van der Waals surface area contributed by atoms with Gasteiger partial charge in [-0.25, -0.2) is 4.39 Å². The number of hydrogen-bond acceptors (Lipinski definition) is 4. The second-order valence-electron chi connectivity index (χ2n) is 6.09. The van der Waals surface area contributed by atoms with Gasteiger partial charge < -0.3 is 0 Å². The van der Waals surface area contributed by atoms with Crippen molar-refractivity contribution in [2.75, 3.05) is 0 Å². The Bertz CT molecular complexity index is 1120. The first-order valence-corrected chi connectivity index (χ1v) is 8.16. The van der Waals surface area contributed by atoms with Crippen LogP contribution in [0.1, 0.15) is 15.9 Å². The van der Waals surface area contributed by atoms with Crippen molar-refractivity contribution in [2.24, 2.45) is 0 Å². The molecular formula is C20H15FN4O. The topological polar surface area (TPSA) is 60.7 Å². The van der Waals surface area contributed by atoms with Gasteiger partial charge >= 0.3 is 0 Å². The summed E-state index contributed by atoms with van der Waals surface area (Å²) in [4.78, 5) is 13.8. The standard InChI is InChI=1S/C20H15FN4O/c1-13-10-17(8-9-18(13)21)20-22-24-25(23-20)12-19(26)16-7-6-14-4-2-3-5-15(14)11-16/h2-11H,12H2,1H3. The van der Waals surface area contributed by atoms with E-state index >= 15 is 0 Å². The van der Waals surface area contributed by atoms with E-state index < -0.39 is 0 Å². The van der Waals surface area contributed by atoms with Crippen molar-refractivity contribution in [1.82, 2.24) is 20.2 Å². The molecule has 0 aliphatic heterocycles. The van der Waals surface area contributed by atoms with Gasteiger partial charge in [0.15, 0.2) is 5.78 Å². The Morgan fingerprint density at radius 3 is 2.65 bits per heavy atom. The third kappa shape index (κ3) is 3.09. The second-order valence-corrected chi connectivity index (χ2v) is 6.09. The van der Waals surface area contributed by atoms with Crippen LogP contribution in [0, 0.1) is 12.7 Å². The molecule has 0 atom stereocenters. The first-order chi connectivity index (χ1) is 12.6. The second kappa shape index (κ2) is 6.48. The highest BCUT2D eigenvalue weighted by molar-refractivity contribution is 5.99. The number of benzene rings is 3. The van der Waals surface area contributed by atoms with Crippen LogP contribution in [0.3, 0.4) is 0 Å². The minimum atomic E-state index is -0.285. The lowest BCUT2D eigenvalue weighted by atomic mass is 10.0. The Balaban J connectivity index is 1.56. The summed E-state index contributed by atoms with van der Waals surface area (Å²) in [5.41, 5.74) is 1.76. The Hall–Kier alpha value is -3.41. The van der Waals surface area contributed by atoms with E-state index in [0.29, 0.717) is 22.5 Å². The molecule has 0 saturated carbocycles. The van der Waals surface area contributed by atoms with Gasteiger partial charge in [-0.3, -0.25) is 4.79 Å². The molecule has 0 amide bonds. The number of halogens is 1. The summed E-state index contributed by atoms with van der Waals surface area (Å²) in [5, 5.41) is 14.2. The summed E-state index contributed by atoms with van der Waals surface area (Å²) in [5.74, 6) is -0.0259. The van der Waals surface area contributed by atoms with E-state index in [4.69, 9.17) is 0 Å². The van der Waals surface area contributed by atoms with E-state index in [0.717, 1.165) is 10.8 Å².